The first kappa shape index (κ1) is 14.6. The second kappa shape index (κ2) is 7.71. The summed E-state index contributed by atoms with van der Waals surface area (Å²) < 4.78 is 6.03. The van der Waals surface area contributed by atoms with Gasteiger partial charge in [0.15, 0.2) is 0 Å². The van der Waals surface area contributed by atoms with Crippen molar-refractivity contribution in [1.29, 1.82) is 0 Å². The summed E-state index contributed by atoms with van der Waals surface area (Å²) >= 11 is 5.87. The lowest BCUT2D eigenvalue weighted by molar-refractivity contribution is -0.107. The van der Waals surface area contributed by atoms with Gasteiger partial charge >= 0.3 is 0 Å². The molecule has 0 heterocycles. The summed E-state index contributed by atoms with van der Waals surface area (Å²) in [5, 5.41) is 0. The zero-order chi connectivity index (χ0) is 14.2. The molecular weight excluding hydrogens is 272 g/mol. The topological polar surface area (TPSA) is 26.3 Å². The molecule has 2 rings (SSSR count). The number of aldehydes is 1. The van der Waals surface area contributed by atoms with E-state index in [1.165, 1.54) is 0 Å². The minimum atomic E-state index is -0.0693. The van der Waals surface area contributed by atoms with E-state index in [0.29, 0.717) is 12.3 Å². The second-order valence-electron chi connectivity index (χ2n) is 4.51. The fourth-order valence-electron chi connectivity index (χ4n) is 2.07. The Morgan fingerprint density at radius 2 is 1.90 bits per heavy atom. The van der Waals surface area contributed by atoms with Crippen molar-refractivity contribution in [3.05, 3.63) is 65.7 Å². The third-order valence-electron chi connectivity index (χ3n) is 3.04. The maximum atomic E-state index is 10.6. The summed E-state index contributed by atoms with van der Waals surface area (Å²) in [4.78, 5) is 10.6. The third-order valence-corrected chi connectivity index (χ3v) is 3.26. The summed E-state index contributed by atoms with van der Waals surface area (Å²) in [5.41, 5.74) is 2.06. The first-order valence-electron chi connectivity index (χ1n) is 6.63. The first-order chi connectivity index (χ1) is 9.83. The van der Waals surface area contributed by atoms with Crippen molar-refractivity contribution in [1.82, 2.24) is 0 Å². The molecule has 104 valence electrons. The Labute approximate surface area is 124 Å². The molecule has 2 aromatic rings. The molecule has 3 heteroatoms. The van der Waals surface area contributed by atoms with E-state index in [9.17, 15) is 4.79 Å². The summed E-state index contributed by atoms with van der Waals surface area (Å²) in [5.74, 6) is 1.30. The average molecular weight is 289 g/mol. The van der Waals surface area contributed by atoms with Crippen LogP contribution in [0.4, 0.5) is 0 Å². The number of carbonyl (C=O) groups excluding carboxylic acids is 1. The highest BCUT2D eigenvalue weighted by molar-refractivity contribution is 6.17. The van der Waals surface area contributed by atoms with Crippen molar-refractivity contribution in [3.8, 4) is 5.75 Å². The van der Waals surface area contributed by atoms with Gasteiger partial charge in [0.1, 0.15) is 18.1 Å². The minimum Gasteiger partial charge on any atom is -0.486 e. The van der Waals surface area contributed by atoms with E-state index >= 15 is 0 Å². The van der Waals surface area contributed by atoms with Crippen molar-refractivity contribution in [2.75, 3.05) is 5.88 Å². The van der Waals surface area contributed by atoms with Gasteiger partial charge in [-0.3, -0.25) is 0 Å². The smallest absolute Gasteiger partial charge is 0.125 e. The van der Waals surface area contributed by atoms with Gasteiger partial charge in [0.05, 0.1) is 0 Å². The van der Waals surface area contributed by atoms with Crippen LogP contribution in [-0.4, -0.2) is 12.2 Å². The molecule has 0 spiro atoms. The van der Waals surface area contributed by atoms with E-state index in [2.05, 4.69) is 0 Å². The van der Waals surface area contributed by atoms with Crippen molar-refractivity contribution >= 4 is 17.9 Å². The number of hydrogen-bond acceptors (Lipinski definition) is 2. The van der Waals surface area contributed by atoms with Gasteiger partial charge in [-0.25, -0.2) is 0 Å². The van der Waals surface area contributed by atoms with Crippen LogP contribution < -0.4 is 4.74 Å². The molecule has 0 radical (unpaired) electrons. The maximum Gasteiger partial charge on any atom is 0.125 e. The van der Waals surface area contributed by atoms with Gasteiger partial charge in [0.2, 0.25) is 0 Å². The number of benzene rings is 2. The Morgan fingerprint density at radius 3 is 2.60 bits per heavy atom. The highest BCUT2D eigenvalue weighted by atomic mass is 35.5. The van der Waals surface area contributed by atoms with E-state index in [-0.39, 0.29) is 6.10 Å². The van der Waals surface area contributed by atoms with Crippen LogP contribution in [0.25, 0.3) is 0 Å². The number of carbonyl (C=O) groups is 1. The fourth-order valence-corrected chi connectivity index (χ4v) is 2.26. The molecule has 0 N–H and O–H groups in total. The van der Waals surface area contributed by atoms with Crippen LogP contribution in [0.2, 0.25) is 0 Å². The summed E-state index contributed by atoms with van der Waals surface area (Å²) in [6.07, 6.45) is 1.97. The zero-order valence-corrected chi connectivity index (χ0v) is 11.9. The van der Waals surface area contributed by atoms with Gasteiger partial charge < -0.3 is 9.53 Å². The SMILES string of the molecule is O=CCc1cccc(O[C@H](CCCl)c2ccccc2)c1. The molecule has 0 aromatic heterocycles. The van der Waals surface area contributed by atoms with Crippen molar-refractivity contribution in [2.45, 2.75) is 18.9 Å². The average Bonchev–Trinajstić information content (AvgIpc) is 2.48. The van der Waals surface area contributed by atoms with Crippen LogP contribution in [0.5, 0.6) is 5.75 Å². The number of halogens is 1. The van der Waals surface area contributed by atoms with E-state index in [1.807, 2.05) is 54.6 Å². The van der Waals surface area contributed by atoms with E-state index < -0.39 is 0 Å². The Morgan fingerprint density at radius 1 is 1.10 bits per heavy atom. The molecule has 0 aliphatic heterocycles. The zero-order valence-electron chi connectivity index (χ0n) is 11.2. The number of hydrogen-bond donors (Lipinski definition) is 0. The van der Waals surface area contributed by atoms with E-state index in [1.54, 1.807) is 0 Å². The minimum absolute atomic E-state index is 0.0693. The van der Waals surface area contributed by atoms with E-state index in [0.717, 1.165) is 29.6 Å². The summed E-state index contributed by atoms with van der Waals surface area (Å²) in [7, 11) is 0. The van der Waals surface area contributed by atoms with Crippen LogP contribution in [0, 0.1) is 0 Å². The Bertz CT molecular complexity index is 540. The molecule has 0 aliphatic carbocycles. The lowest BCUT2D eigenvalue weighted by Crippen LogP contribution is -2.08. The number of alkyl halides is 1. The normalized spacial score (nSPS) is 11.8. The Balaban J connectivity index is 2.15. The van der Waals surface area contributed by atoms with Crippen molar-refractivity contribution in [2.24, 2.45) is 0 Å². The van der Waals surface area contributed by atoms with Crippen LogP contribution in [0.3, 0.4) is 0 Å². The lowest BCUT2D eigenvalue weighted by atomic mass is 10.1. The molecular formula is C17H17ClO2. The molecule has 0 unspecified atom stereocenters. The highest BCUT2D eigenvalue weighted by Gasteiger charge is 2.12. The van der Waals surface area contributed by atoms with Crippen LogP contribution >= 0.6 is 11.6 Å². The first-order valence-corrected chi connectivity index (χ1v) is 7.17. The van der Waals surface area contributed by atoms with Crippen molar-refractivity contribution < 1.29 is 9.53 Å². The fraction of sp³-hybridized carbons (Fsp3) is 0.235. The van der Waals surface area contributed by atoms with Gasteiger partial charge in [0, 0.05) is 18.7 Å². The molecule has 0 aliphatic rings. The molecule has 1 atom stereocenters. The van der Waals surface area contributed by atoms with E-state index in [4.69, 9.17) is 16.3 Å². The third kappa shape index (κ3) is 4.10. The second-order valence-corrected chi connectivity index (χ2v) is 4.89. The van der Waals surface area contributed by atoms with Gasteiger partial charge in [-0.1, -0.05) is 42.5 Å². The number of rotatable bonds is 7. The van der Waals surface area contributed by atoms with Crippen LogP contribution in [-0.2, 0) is 11.2 Å². The maximum absolute atomic E-state index is 10.6. The standard InChI is InChI=1S/C17H17ClO2/c18-11-9-17(15-6-2-1-3-7-15)20-16-8-4-5-14(13-16)10-12-19/h1-8,12-13,17H,9-11H2/t17-/m1/s1. The molecule has 20 heavy (non-hydrogen) atoms. The van der Waals surface area contributed by atoms with Gasteiger partial charge in [0.25, 0.3) is 0 Å². The van der Waals surface area contributed by atoms with Crippen LogP contribution in [0.1, 0.15) is 23.7 Å². The molecule has 0 fully saturated rings. The summed E-state index contributed by atoms with van der Waals surface area (Å²) in [6, 6.07) is 17.6. The van der Waals surface area contributed by atoms with Gasteiger partial charge in [-0.15, -0.1) is 11.6 Å². The molecule has 0 saturated carbocycles. The van der Waals surface area contributed by atoms with Crippen molar-refractivity contribution in [3.63, 3.8) is 0 Å². The van der Waals surface area contributed by atoms with Gasteiger partial charge in [-0.05, 0) is 23.3 Å². The monoisotopic (exact) mass is 288 g/mol. The Hall–Kier alpha value is -1.80. The quantitative estimate of drug-likeness (QED) is 0.564. The Kier molecular flexibility index (Phi) is 5.63. The molecule has 2 nitrogen and oxygen atoms in total. The molecule has 0 bridgehead atoms. The molecule has 2 aromatic carbocycles. The largest absolute Gasteiger partial charge is 0.486 e. The predicted molar refractivity (Wildman–Crippen MR) is 81.4 cm³/mol. The highest BCUT2D eigenvalue weighted by Crippen LogP contribution is 2.25. The van der Waals surface area contributed by atoms with Gasteiger partial charge in [-0.2, -0.15) is 0 Å². The van der Waals surface area contributed by atoms with Crippen LogP contribution in [0.15, 0.2) is 54.6 Å². The lowest BCUT2D eigenvalue weighted by Gasteiger charge is -2.19. The predicted octanol–water partition coefficient (Wildman–Crippen LogP) is 4.18. The summed E-state index contributed by atoms with van der Waals surface area (Å²) in [6.45, 7) is 0. The number of ether oxygens (including phenoxy) is 1. The molecule has 0 amide bonds. The molecule has 0 saturated heterocycles.